The molecule has 0 unspecified atom stereocenters. The van der Waals surface area contributed by atoms with Gasteiger partial charge >= 0.3 is 5.97 Å². The summed E-state index contributed by atoms with van der Waals surface area (Å²) in [5, 5.41) is 0.475. The highest BCUT2D eigenvalue weighted by Crippen LogP contribution is 2.35. The molecule has 0 saturated carbocycles. The number of imidazole rings is 1. The van der Waals surface area contributed by atoms with Crippen LogP contribution in [0, 0.1) is 11.7 Å². The fraction of sp³-hybridized carbons (Fsp3) is 0.273. The Morgan fingerprint density at radius 2 is 1.93 bits per heavy atom. The topological polar surface area (TPSA) is 44.1 Å². The first-order valence-corrected chi connectivity index (χ1v) is 10.1. The van der Waals surface area contributed by atoms with Gasteiger partial charge in [-0.3, -0.25) is 4.57 Å². The SMILES string of the molecule is CCOC(=O)c1nc(CC(C)C)n(-c2cccc(Cl)c2)c1-c1cccc(Cl)c1F. The predicted octanol–water partition coefficient (Wildman–Crippen LogP) is 6.36. The van der Waals surface area contributed by atoms with Crippen LogP contribution in [0.1, 0.15) is 37.1 Å². The molecule has 1 heterocycles. The predicted molar refractivity (Wildman–Crippen MR) is 113 cm³/mol. The average Bonchev–Trinajstić information content (AvgIpc) is 3.02. The summed E-state index contributed by atoms with van der Waals surface area (Å²) >= 11 is 12.2. The van der Waals surface area contributed by atoms with Crippen LogP contribution < -0.4 is 0 Å². The summed E-state index contributed by atoms with van der Waals surface area (Å²) in [4.78, 5) is 17.3. The van der Waals surface area contributed by atoms with Crippen molar-refractivity contribution in [1.82, 2.24) is 9.55 Å². The summed E-state index contributed by atoms with van der Waals surface area (Å²) in [6, 6.07) is 11.8. The van der Waals surface area contributed by atoms with Crippen LogP contribution in [0.2, 0.25) is 10.0 Å². The lowest BCUT2D eigenvalue weighted by atomic mass is 10.1. The van der Waals surface area contributed by atoms with Gasteiger partial charge < -0.3 is 4.74 Å². The first-order chi connectivity index (χ1) is 13.8. The number of hydrogen-bond donors (Lipinski definition) is 0. The molecule has 7 heteroatoms. The third-order valence-corrected chi connectivity index (χ3v) is 4.81. The minimum Gasteiger partial charge on any atom is -0.461 e. The summed E-state index contributed by atoms with van der Waals surface area (Å²) in [7, 11) is 0. The summed E-state index contributed by atoms with van der Waals surface area (Å²) < 4.78 is 22.0. The molecule has 0 atom stereocenters. The molecule has 0 bridgehead atoms. The smallest absolute Gasteiger partial charge is 0.359 e. The van der Waals surface area contributed by atoms with Crippen LogP contribution in [0.15, 0.2) is 42.5 Å². The van der Waals surface area contributed by atoms with Gasteiger partial charge in [-0.2, -0.15) is 0 Å². The van der Waals surface area contributed by atoms with Gasteiger partial charge in [0.1, 0.15) is 5.82 Å². The van der Waals surface area contributed by atoms with Crippen molar-refractivity contribution in [3.8, 4) is 16.9 Å². The molecule has 0 aliphatic carbocycles. The minimum atomic E-state index is -0.626. The first-order valence-electron chi connectivity index (χ1n) is 9.32. The lowest BCUT2D eigenvalue weighted by molar-refractivity contribution is 0.0521. The van der Waals surface area contributed by atoms with E-state index in [4.69, 9.17) is 27.9 Å². The van der Waals surface area contributed by atoms with Crippen molar-refractivity contribution in [2.45, 2.75) is 27.2 Å². The fourth-order valence-corrected chi connectivity index (χ4v) is 3.50. The maximum atomic E-state index is 15.0. The van der Waals surface area contributed by atoms with E-state index in [0.717, 1.165) is 0 Å². The van der Waals surface area contributed by atoms with Crippen molar-refractivity contribution in [2.24, 2.45) is 5.92 Å². The van der Waals surface area contributed by atoms with E-state index >= 15 is 4.39 Å². The normalized spacial score (nSPS) is 11.1. The number of esters is 1. The zero-order valence-corrected chi connectivity index (χ0v) is 17.9. The number of ether oxygens (including phenoxy) is 1. The standard InChI is InChI=1S/C22H21Cl2FN2O2/c1-4-29-22(28)20-21(16-9-6-10-17(24)19(16)25)27(18(26-20)11-13(2)3)15-8-5-7-14(23)12-15/h5-10,12-13H,4,11H2,1-3H3. The van der Waals surface area contributed by atoms with E-state index in [2.05, 4.69) is 4.98 Å². The number of nitrogens with zero attached hydrogens (tertiary/aromatic N) is 2. The monoisotopic (exact) mass is 434 g/mol. The molecule has 0 spiro atoms. The Labute approximate surface area is 179 Å². The molecule has 0 amide bonds. The van der Waals surface area contributed by atoms with Crippen molar-refractivity contribution in [2.75, 3.05) is 6.61 Å². The second kappa shape index (κ2) is 8.97. The quantitative estimate of drug-likeness (QED) is 0.423. The number of carbonyl (C=O) groups excluding carboxylic acids is 1. The van der Waals surface area contributed by atoms with Gasteiger partial charge in [0.15, 0.2) is 11.5 Å². The Bertz CT molecular complexity index is 1050. The highest BCUT2D eigenvalue weighted by molar-refractivity contribution is 6.31. The van der Waals surface area contributed by atoms with Gasteiger partial charge in [-0.1, -0.05) is 49.2 Å². The van der Waals surface area contributed by atoms with Crippen molar-refractivity contribution >= 4 is 29.2 Å². The zero-order valence-electron chi connectivity index (χ0n) is 16.4. The highest BCUT2D eigenvalue weighted by Gasteiger charge is 2.28. The highest BCUT2D eigenvalue weighted by atomic mass is 35.5. The first kappa shape index (κ1) is 21.3. The third-order valence-electron chi connectivity index (χ3n) is 4.28. The minimum absolute atomic E-state index is 0.0402. The second-order valence-corrected chi connectivity index (χ2v) is 7.80. The van der Waals surface area contributed by atoms with Gasteiger partial charge in [0.25, 0.3) is 0 Å². The lowest BCUT2D eigenvalue weighted by Gasteiger charge is -2.15. The molecule has 3 rings (SSSR count). The van der Waals surface area contributed by atoms with E-state index in [1.807, 2.05) is 19.9 Å². The van der Waals surface area contributed by atoms with Crippen LogP contribution in [-0.4, -0.2) is 22.1 Å². The van der Waals surface area contributed by atoms with Gasteiger partial charge in [0.2, 0.25) is 0 Å². The molecule has 0 N–H and O–H groups in total. The molecule has 1 aromatic heterocycles. The van der Waals surface area contributed by atoms with E-state index in [9.17, 15) is 4.79 Å². The van der Waals surface area contributed by atoms with E-state index in [1.54, 1.807) is 41.8 Å². The van der Waals surface area contributed by atoms with Crippen LogP contribution in [-0.2, 0) is 11.2 Å². The van der Waals surface area contributed by atoms with Gasteiger partial charge in [-0.25, -0.2) is 14.2 Å². The van der Waals surface area contributed by atoms with Gasteiger partial charge in [-0.15, -0.1) is 0 Å². The molecule has 3 aromatic rings. The van der Waals surface area contributed by atoms with Crippen LogP contribution in [0.3, 0.4) is 0 Å². The molecule has 0 radical (unpaired) electrons. The van der Waals surface area contributed by atoms with E-state index in [1.165, 1.54) is 6.07 Å². The molecule has 0 saturated heterocycles. The largest absolute Gasteiger partial charge is 0.461 e. The van der Waals surface area contributed by atoms with Crippen molar-refractivity contribution in [1.29, 1.82) is 0 Å². The molecule has 0 aliphatic heterocycles. The maximum absolute atomic E-state index is 15.0. The fourth-order valence-electron chi connectivity index (χ4n) is 3.14. The molecule has 0 fully saturated rings. The van der Waals surface area contributed by atoms with Crippen LogP contribution >= 0.6 is 23.2 Å². The van der Waals surface area contributed by atoms with Crippen LogP contribution in [0.4, 0.5) is 4.39 Å². The van der Waals surface area contributed by atoms with Crippen LogP contribution in [0.5, 0.6) is 0 Å². The van der Waals surface area contributed by atoms with Crippen molar-refractivity contribution < 1.29 is 13.9 Å². The Balaban J connectivity index is 2.39. The summed E-state index contributed by atoms with van der Waals surface area (Å²) in [5.74, 6) is -0.381. The van der Waals surface area contributed by atoms with Gasteiger partial charge in [0, 0.05) is 22.7 Å². The van der Waals surface area contributed by atoms with E-state index in [-0.39, 0.29) is 28.8 Å². The number of hydrogen-bond acceptors (Lipinski definition) is 3. The Morgan fingerprint density at radius 1 is 1.21 bits per heavy atom. The van der Waals surface area contributed by atoms with E-state index in [0.29, 0.717) is 28.6 Å². The molecule has 0 aliphatic rings. The molecular weight excluding hydrogens is 414 g/mol. The summed E-state index contributed by atoms with van der Waals surface area (Å²) in [6.07, 6.45) is 0.571. The van der Waals surface area contributed by atoms with Crippen molar-refractivity contribution in [3.63, 3.8) is 0 Å². The second-order valence-electron chi connectivity index (χ2n) is 6.96. The van der Waals surface area contributed by atoms with E-state index < -0.39 is 11.8 Å². The summed E-state index contributed by atoms with van der Waals surface area (Å²) in [6.45, 7) is 5.97. The molecule has 4 nitrogen and oxygen atoms in total. The number of rotatable bonds is 6. The molecular formula is C22H21Cl2FN2O2. The maximum Gasteiger partial charge on any atom is 0.359 e. The Hall–Kier alpha value is -2.37. The number of aromatic nitrogens is 2. The average molecular weight is 435 g/mol. The zero-order chi connectivity index (χ0) is 21.1. The third kappa shape index (κ3) is 4.46. The van der Waals surface area contributed by atoms with Crippen LogP contribution in [0.25, 0.3) is 16.9 Å². The summed E-state index contributed by atoms with van der Waals surface area (Å²) in [5.41, 5.74) is 1.18. The molecule has 152 valence electrons. The Morgan fingerprint density at radius 3 is 2.59 bits per heavy atom. The molecule has 29 heavy (non-hydrogen) atoms. The number of halogens is 3. The number of carbonyl (C=O) groups is 1. The Kier molecular flexibility index (Phi) is 6.60. The molecule has 2 aromatic carbocycles. The number of benzene rings is 2. The lowest BCUT2D eigenvalue weighted by Crippen LogP contribution is -2.09. The van der Waals surface area contributed by atoms with Gasteiger partial charge in [-0.05, 0) is 43.2 Å². The van der Waals surface area contributed by atoms with Crippen molar-refractivity contribution in [3.05, 3.63) is 69.8 Å². The van der Waals surface area contributed by atoms with Gasteiger partial charge in [0.05, 0.1) is 17.3 Å².